The minimum Gasteiger partial charge on any atom is -0.347 e. The number of fused-ring (bicyclic) bond motifs is 4. The van der Waals surface area contributed by atoms with Gasteiger partial charge in [0.1, 0.15) is 0 Å². The lowest BCUT2D eigenvalue weighted by atomic mass is 9.55. The van der Waals surface area contributed by atoms with Crippen molar-refractivity contribution in [3.05, 3.63) is 11.6 Å². The molecule has 14 heavy (non-hydrogen) atoms. The smallest absolute Gasteiger partial charge is 0.174 e. The zero-order valence-electron chi connectivity index (χ0n) is 8.53. The van der Waals surface area contributed by atoms with E-state index in [4.69, 9.17) is 9.47 Å². The molecule has 2 saturated carbocycles. The third kappa shape index (κ3) is 0.695. The molecule has 0 radical (unpaired) electrons. The third-order valence-corrected chi connectivity index (χ3v) is 4.75. The van der Waals surface area contributed by atoms with Gasteiger partial charge in [-0.25, -0.2) is 0 Å². The van der Waals surface area contributed by atoms with E-state index < -0.39 is 0 Å². The molecule has 0 aromatic heterocycles. The van der Waals surface area contributed by atoms with Gasteiger partial charge in [-0.15, -0.1) is 0 Å². The lowest BCUT2D eigenvalue weighted by Crippen LogP contribution is -2.63. The van der Waals surface area contributed by atoms with E-state index in [-0.39, 0.29) is 5.79 Å². The van der Waals surface area contributed by atoms with Crippen LogP contribution in [0.4, 0.5) is 0 Å². The second-order valence-electron chi connectivity index (χ2n) is 5.19. The van der Waals surface area contributed by atoms with Gasteiger partial charge in [0.05, 0.1) is 13.2 Å². The number of ether oxygens (including phenoxy) is 2. The van der Waals surface area contributed by atoms with E-state index in [0.29, 0.717) is 11.8 Å². The maximum Gasteiger partial charge on any atom is 0.174 e. The van der Waals surface area contributed by atoms with Crippen molar-refractivity contribution in [3.8, 4) is 0 Å². The quantitative estimate of drug-likeness (QED) is 0.546. The second-order valence-corrected chi connectivity index (χ2v) is 5.19. The molecular formula is C12H16O2. The molecule has 2 heteroatoms. The van der Waals surface area contributed by atoms with E-state index in [9.17, 15) is 0 Å². The average molecular weight is 192 g/mol. The zero-order chi connectivity index (χ0) is 9.34. The van der Waals surface area contributed by atoms with Crippen molar-refractivity contribution < 1.29 is 9.47 Å². The fourth-order valence-electron chi connectivity index (χ4n) is 4.04. The van der Waals surface area contributed by atoms with Crippen molar-refractivity contribution >= 4 is 0 Å². The molecule has 1 aliphatic heterocycles. The molecule has 4 rings (SSSR count). The van der Waals surface area contributed by atoms with E-state index in [1.807, 2.05) is 0 Å². The van der Waals surface area contributed by atoms with Gasteiger partial charge in [-0.2, -0.15) is 0 Å². The Hall–Kier alpha value is -0.340. The maximum atomic E-state index is 5.88. The maximum absolute atomic E-state index is 5.88. The Bertz CT molecular complexity index is 314. The molecule has 0 N–H and O–H groups in total. The molecule has 4 atom stereocenters. The highest BCUT2D eigenvalue weighted by molar-refractivity contribution is 5.39. The first-order chi connectivity index (χ1) is 6.83. The fraction of sp³-hybridized carbons (Fsp3) is 0.833. The van der Waals surface area contributed by atoms with Crippen LogP contribution in [0, 0.1) is 23.7 Å². The first kappa shape index (κ1) is 7.89. The summed E-state index contributed by atoms with van der Waals surface area (Å²) in [5.74, 6) is 2.76. The molecule has 1 saturated heterocycles. The van der Waals surface area contributed by atoms with Gasteiger partial charge in [-0.1, -0.05) is 18.6 Å². The van der Waals surface area contributed by atoms with Crippen LogP contribution in [0.2, 0.25) is 0 Å². The van der Waals surface area contributed by atoms with Gasteiger partial charge in [0.15, 0.2) is 5.79 Å². The second kappa shape index (κ2) is 2.25. The fourth-order valence-corrected chi connectivity index (χ4v) is 4.04. The highest BCUT2D eigenvalue weighted by Gasteiger charge is 2.67. The number of hydrogen-bond donors (Lipinski definition) is 0. The molecule has 2 nitrogen and oxygen atoms in total. The lowest BCUT2D eigenvalue weighted by molar-refractivity contribution is -0.312. The molecule has 1 heterocycles. The van der Waals surface area contributed by atoms with Gasteiger partial charge in [-0.05, 0) is 24.7 Å². The summed E-state index contributed by atoms with van der Waals surface area (Å²) in [6.45, 7) is 3.90. The summed E-state index contributed by atoms with van der Waals surface area (Å²) in [7, 11) is 0. The van der Waals surface area contributed by atoms with Crippen molar-refractivity contribution in [2.45, 2.75) is 25.6 Å². The number of hydrogen-bond acceptors (Lipinski definition) is 2. The molecule has 3 aliphatic carbocycles. The zero-order valence-corrected chi connectivity index (χ0v) is 8.53. The number of rotatable bonds is 0. The molecule has 0 amide bonds. The first-order valence-electron chi connectivity index (χ1n) is 5.82. The SMILES string of the molecule is C[C@@H]1[C@@H]2C3=C[C@@H]3CC[C@@H]2C12OCCO2. The Balaban J connectivity index is 1.68. The third-order valence-electron chi connectivity index (χ3n) is 4.75. The van der Waals surface area contributed by atoms with Crippen LogP contribution in [0.1, 0.15) is 19.8 Å². The van der Waals surface area contributed by atoms with Crippen LogP contribution in [0.5, 0.6) is 0 Å². The van der Waals surface area contributed by atoms with E-state index in [1.54, 1.807) is 5.57 Å². The normalized spacial score (nSPS) is 51.9. The molecule has 3 fully saturated rings. The molecule has 0 bridgehead atoms. The summed E-state index contributed by atoms with van der Waals surface area (Å²) in [5.41, 5.74) is 1.72. The predicted octanol–water partition coefficient (Wildman–Crippen LogP) is 1.96. The minimum atomic E-state index is -0.168. The van der Waals surface area contributed by atoms with Crippen molar-refractivity contribution in [2.75, 3.05) is 13.2 Å². The highest BCUT2D eigenvalue weighted by Crippen LogP contribution is 2.66. The number of allylic oxidation sites excluding steroid dienone is 2. The predicted molar refractivity (Wildman–Crippen MR) is 51.6 cm³/mol. The Morgan fingerprint density at radius 1 is 1.29 bits per heavy atom. The summed E-state index contributed by atoms with van der Waals surface area (Å²) in [6, 6.07) is 0. The highest BCUT2D eigenvalue weighted by atomic mass is 16.7. The molecular weight excluding hydrogens is 176 g/mol. The van der Waals surface area contributed by atoms with E-state index in [0.717, 1.165) is 25.0 Å². The molecule has 76 valence electrons. The largest absolute Gasteiger partial charge is 0.347 e. The van der Waals surface area contributed by atoms with E-state index >= 15 is 0 Å². The van der Waals surface area contributed by atoms with E-state index in [2.05, 4.69) is 13.0 Å². The van der Waals surface area contributed by atoms with E-state index in [1.165, 1.54) is 12.8 Å². The van der Waals surface area contributed by atoms with Gasteiger partial charge in [0.25, 0.3) is 0 Å². The van der Waals surface area contributed by atoms with Gasteiger partial charge < -0.3 is 9.47 Å². The monoisotopic (exact) mass is 192 g/mol. The van der Waals surface area contributed by atoms with Gasteiger partial charge in [0.2, 0.25) is 0 Å². The summed E-state index contributed by atoms with van der Waals surface area (Å²) in [6.07, 6.45) is 5.11. The van der Waals surface area contributed by atoms with Crippen LogP contribution in [0.25, 0.3) is 0 Å². The van der Waals surface area contributed by atoms with Gasteiger partial charge >= 0.3 is 0 Å². The topological polar surface area (TPSA) is 18.5 Å². The molecule has 0 aromatic carbocycles. The summed E-state index contributed by atoms with van der Waals surface area (Å²) >= 11 is 0. The standard InChI is InChI=1S/C12H16O2/c1-7-11-9-6-8(9)2-3-10(11)12(7)13-4-5-14-12/h6-8,10-11H,2-5H2,1H3/t7-,8+,10+,11-/m1/s1. The Morgan fingerprint density at radius 2 is 2.07 bits per heavy atom. The summed E-state index contributed by atoms with van der Waals surface area (Å²) in [4.78, 5) is 0. The van der Waals surface area contributed by atoms with Crippen molar-refractivity contribution in [1.82, 2.24) is 0 Å². The molecule has 1 spiro atoms. The van der Waals surface area contributed by atoms with Crippen molar-refractivity contribution in [1.29, 1.82) is 0 Å². The minimum absolute atomic E-state index is 0.168. The van der Waals surface area contributed by atoms with Crippen LogP contribution in [0.3, 0.4) is 0 Å². The molecule has 4 aliphatic rings. The lowest BCUT2D eigenvalue weighted by Gasteiger charge is -2.58. The van der Waals surface area contributed by atoms with Crippen LogP contribution in [-0.2, 0) is 9.47 Å². The van der Waals surface area contributed by atoms with Gasteiger partial charge in [0, 0.05) is 11.8 Å². The van der Waals surface area contributed by atoms with Crippen molar-refractivity contribution in [2.24, 2.45) is 23.7 Å². The first-order valence-corrected chi connectivity index (χ1v) is 5.82. The van der Waals surface area contributed by atoms with Crippen LogP contribution < -0.4 is 0 Å². The average Bonchev–Trinajstić information content (AvgIpc) is 2.78. The van der Waals surface area contributed by atoms with Crippen LogP contribution in [0.15, 0.2) is 11.6 Å². The summed E-state index contributed by atoms with van der Waals surface area (Å²) in [5, 5.41) is 0. The van der Waals surface area contributed by atoms with Crippen LogP contribution >= 0.6 is 0 Å². The summed E-state index contributed by atoms with van der Waals surface area (Å²) < 4.78 is 11.8. The Kier molecular flexibility index (Phi) is 1.27. The Labute approximate surface area is 84.3 Å². The van der Waals surface area contributed by atoms with Gasteiger partial charge in [-0.3, -0.25) is 0 Å². The molecule has 0 unspecified atom stereocenters. The molecule has 0 aromatic rings. The Morgan fingerprint density at radius 3 is 2.86 bits per heavy atom. The van der Waals surface area contributed by atoms with Crippen molar-refractivity contribution in [3.63, 3.8) is 0 Å². The van der Waals surface area contributed by atoms with Crippen LogP contribution in [-0.4, -0.2) is 19.0 Å².